The first-order valence-corrected chi connectivity index (χ1v) is 6.70. The molecule has 94 valence electrons. The summed E-state index contributed by atoms with van der Waals surface area (Å²) in [6.07, 6.45) is 5.13. The molecule has 17 heavy (non-hydrogen) atoms. The van der Waals surface area contributed by atoms with E-state index in [4.69, 9.17) is 0 Å². The van der Waals surface area contributed by atoms with E-state index in [-0.39, 0.29) is 0 Å². The van der Waals surface area contributed by atoms with Crippen molar-refractivity contribution < 1.29 is 0 Å². The van der Waals surface area contributed by atoms with Gasteiger partial charge in [-0.25, -0.2) is 0 Å². The zero-order chi connectivity index (χ0) is 12.3. The zero-order valence-corrected chi connectivity index (χ0v) is 11.2. The molecule has 0 atom stereocenters. The number of anilines is 1. The summed E-state index contributed by atoms with van der Waals surface area (Å²) in [6.45, 7) is 4.34. The maximum absolute atomic E-state index is 3.71. The highest BCUT2D eigenvalue weighted by Gasteiger charge is 2.19. The maximum Gasteiger partial charge on any atom is 0.0374 e. The lowest BCUT2D eigenvalue weighted by molar-refractivity contribution is 0.371. The smallest absolute Gasteiger partial charge is 0.0374 e. The van der Waals surface area contributed by atoms with Crippen LogP contribution in [0.5, 0.6) is 0 Å². The molecular formula is C15H24N2. The molecule has 1 aliphatic carbocycles. The van der Waals surface area contributed by atoms with Crippen molar-refractivity contribution in [3.8, 4) is 0 Å². The minimum Gasteiger partial charge on any atom is -0.382 e. The Labute approximate surface area is 105 Å². The normalized spacial score (nSPS) is 24.6. The van der Waals surface area contributed by atoms with E-state index in [1.54, 1.807) is 0 Å². The van der Waals surface area contributed by atoms with Crippen LogP contribution in [0.15, 0.2) is 18.2 Å². The average Bonchev–Trinajstić information content (AvgIpc) is 2.35. The summed E-state index contributed by atoms with van der Waals surface area (Å²) in [4.78, 5) is 0. The average molecular weight is 232 g/mol. The zero-order valence-electron chi connectivity index (χ0n) is 11.2. The predicted molar refractivity (Wildman–Crippen MR) is 74.6 cm³/mol. The maximum atomic E-state index is 3.71. The lowest BCUT2D eigenvalue weighted by Gasteiger charge is -2.30. The molecule has 1 aromatic rings. The summed E-state index contributed by atoms with van der Waals surface area (Å²) in [5, 5.41) is 7.09. The Balaban J connectivity index is 1.95. The van der Waals surface area contributed by atoms with E-state index in [9.17, 15) is 0 Å². The minimum absolute atomic E-state index is 0.653. The van der Waals surface area contributed by atoms with Crippen LogP contribution in [0.1, 0.15) is 36.8 Å². The molecule has 2 N–H and O–H groups in total. The van der Waals surface area contributed by atoms with Crippen LogP contribution >= 0.6 is 0 Å². The van der Waals surface area contributed by atoms with Gasteiger partial charge in [0.2, 0.25) is 0 Å². The molecular weight excluding hydrogens is 208 g/mol. The number of rotatable bonds is 3. The summed E-state index contributed by atoms with van der Waals surface area (Å²) in [5.74, 6) is 0. The van der Waals surface area contributed by atoms with Crippen molar-refractivity contribution in [2.75, 3.05) is 12.4 Å². The number of hydrogen-bond donors (Lipinski definition) is 2. The number of aryl methyl sites for hydroxylation is 2. The molecule has 0 saturated heterocycles. The third kappa shape index (κ3) is 3.22. The summed E-state index contributed by atoms with van der Waals surface area (Å²) in [5.41, 5.74) is 4.01. The molecule has 1 saturated carbocycles. The minimum atomic E-state index is 0.653. The van der Waals surface area contributed by atoms with Gasteiger partial charge in [-0.2, -0.15) is 0 Å². The highest BCUT2D eigenvalue weighted by atomic mass is 14.9. The number of benzene rings is 1. The lowest BCUT2D eigenvalue weighted by atomic mass is 9.91. The third-order valence-electron chi connectivity index (χ3n) is 3.89. The highest BCUT2D eigenvalue weighted by molar-refractivity contribution is 5.53. The Morgan fingerprint density at radius 3 is 2.29 bits per heavy atom. The first-order valence-electron chi connectivity index (χ1n) is 6.70. The van der Waals surface area contributed by atoms with E-state index in [0.717, 1.165) is 6.04 Å². The Kier molecular flexibility index (Phi) is 4.06. The Morgan fingerprint density at radius 1 is 1.00 bits per heavy atom. The van der Waals surface area contributed by atoms with E-state index in [2.05, 4.69) is 49.7 Å². The van der Waals surface area contributed by atoms with Gasteiger partial charge in [-0.3, -0.25) is 0 Å². The molecule has 2 nitrogen and oxygen atoms in total. The van der Waals surface area contributed by atoms with Gasteiger partial charge in [0.15, 0.2) is 0 Å². The second-order valence-electron chi connectivity index (χ2n) is 5.30. The van der Waals surface area contributed by atoms with E-state index in [1.165, 1.54) is 42.5 Å². The van der Waals surface area contributed by atoms with Crippen molar-refractivity contribution in [3.05, 3.63) is 29.3 Å². The Morgan fingerprint density at radius 2 is 1.65 bits per heavy atom. The van der Waals surface area contributed by atoms with Gasteiger partial charge < -0.3 is 10.6 Å². The summed E-state index contributed by atoms with van der Waals surface area (Å²) in [7, 11) is 2.07. The van der Waals surface area contributed by atoms with Crippen LogP contribution in [0.25, 0.3) is 0 Å². The van der Waals surface area contributed by atoms with Gasteiger partial charge in [0.25, 0.3) is 0 Å². The van der Waals surface area contributed by atoms with Crippen LogP contribution < -0.4 is 10.6 Å². The van der Waals surface area contributed by atoms with Crippen LogP contribution in [0, 0.1) is 13.8 Å². The van der Waals surface area contributed by atoms with Gasteiger partial charge in [-0.05, 0) is 63.8 Å². The van der Waals surface area contributed by atoms with Crippen molar-refractivity contribution >= 4 is 5.69 Å². The quantitative estimate of drug-likeness (QED) is 0.836. The van der Waals surface area contributed by atoms with Crippen molar-refractivity contribution in [3.63, 3.8) is 0 Å². The second-order valence-corrected chi connectivity index (χ2v) is 5.30. The first kappa shape index (κ1) is 12.4. The molecule has 0 unspecified atom stereocenters. The van der Waals surface area contributed by atoms with E-state index in [1.807, 2.05) is 0 Å². The van der Waals surface area contributed by atoms with Gasteiger partial charge in [0, 0.05) is 17.8 Å². The SMILES string of the molecule is CNC1CCC(Nc2cc(C)ccc2C)CC1. The Bertz CT molecular complexity index is 365. The highest BCUT2D eigenvalue weighted by Crippen LogP contribution is 2.24. The predicted octanol–water partition coefficient (Wildman–Crippen LogP) is 3.25. The fraction of sp³-hybridized carbons (Fsp3) is 0.600. The standard InChI is InChI=1S/C15H24N2/c1-11-4-5-12(2)15(10-11)17-14-8-6-13(16-3)7-9-14/h4-5,10,13-14,16-17H,6-9H2,1-3H3. The first-order chi connectivity index (χ1) is 8.19. The van der Waals surface area contributed by atoms with Crippen molar-refractivity contribution in [2.45, 2.75) is 51.6 Å². The van der Waals surface area contributed by atoms with Gasteiger partial charge in [0.05, 0.1) is 0 Å². The monoisotopic (exact) mass is 232 g/mol. The summed E-state index contributed by atoms with van der Waals surface area (Å²) >= 11 is 0. The molecule has 1 aliphatic rings. The van der Waals surface area contributed by atoms with Crippen molar-refractivity contribution in [2.24, 2.45) is 0 Å². The van der Waals surface area contributed by atoms with Crippen LogP contribution in [0.2, 0.25) is 0 Å². The summed E-state index contributed by atoms with van der Waals surface area (Å²) < 4.78 is 0. The topological polar surface area (TPSA) is 24.1 Å². The van der Waals surface area contributed by atoms with Gasteiger partial charge in [-0.15, -0.1) is 0 Å². The van der Waals surface area contributed by atoms with Crippen LogP contribution in [0.3, 0.4) is 0 Å². The van der Waals surface area contributed by atoms with Gasteiger partial charge >= 0.3 is 0 Å². The van der Waals surface area contributed by atoms with Crippen LogP contribution in [-0.2, 0) is 0 Å². The largest absolute Gasteiger partial charge is 0.382 e. The molecule has 2 rings (SSSR count). The molecule has 0 bridgehead atoms. The molecule has 0 spiro atoms. The molecule has 0 radical (unpaired) electrons. The van der Waals surface area contributed by atoms with Gasteiger partial charge in [-0.1, -0.05) is 12.1 Å². The molecule has 1 fully saturated rings. The molecule has 0 heterocycles. The lowest BCUT2D eigenvalue weighted by Crippen LogP contribution is -2.35. The fourth-order valence-corrected chi connectivity index (χ4v) is 2.64. The van der Waals surface area contributed by atoms with E-state index in [0.29, 0.717) is 6.04 Å². The molecule has 0 aromatic heterocycles. The van der Waals surface area contributed by atoms with Crippen molar-refractivity contribution in [1.82, 2.24) is 5.32 Å². The molecule has 0 aliphatic heterocycles. The van der Waals surface area contributed by atoms with Crippen LogP contribution in [-0.4, -0.2) is 19.1 Å². The third-order valence-corrected chi connectivity index (χ3v) is 3.89. The summed E-state index contributed by atoms with van der Waals surface area (Å²) in [6, 6.07) is 8.03. The fourth-order valence-electron chi connectivity index (χ4n) is 2.64. The van der Waals surface area contributed by atoms with E-state index >= 15 is 0 Å². The molecule has 2 heteroatoms. The number of nitrogens with one attached hydrogen (secondary N) is 2. The molecule has 1 aromatic carbocycles. The van der Waals surface area contributed by atoms with Crippen molar-refractivity contribution in [1.29, 1.82) is 0 Å². The van der Waals surface area contributed by atoms with E-state index < -0.39 is 0 Å². The number of hydrogen-bond acceptors (Lipinski definition) is 2. The van der Waals surface area contributed by atoms with Crippen LogP contribution in [0.4, 0.5) is 5.69 Å². The van der Waals surface area contributed by atoms with Gasteiger partial charge in [0.1, 0.15) is 0 Å². The second kappa shape index (κ2) is 5.54. The Hall–Kier alpha value is -1.02. The molecule has 0 amide bonds.